The highest BCUT2D eigenvalue weighted by Crippen LogP contribution is 2.04. The Morgan fingerprint density at radius 2 is 1.88 bits per heavy atom. The molecule has 0 unspecified atom stereocenters. The van der Waals surface area contributed by atoms with Crippen LogP contribution in [0.5, 0.6) is 0 Å². The number of aromatic nitrogens is 1. The van der Waals surface area contributed by atoms with E-state index in [1.807, 2.05) is 30.3 Å². The molecule has 86 valence electrons. The van der Waals surface area contributed by atoms with Gasteiger partial charge < -0.3 is 4.57 Å². The van der Waals surface area contributed by atoms with Gasteiger partial charge in [0.05, 0.1) is 12.2 Å². The highest BCUT2D eigenvalue weighted by molar-refractivity contribution is 5.82. The molecule has 0 amide bonds. The van der Waals surface area contributed by atoms with Gasteiger partial charge in [-0.1, -0.05) is 30.3 Å². The minimum absolute atomic E-state index is 0.0931. The molecule has 0 aliphatic rings. The van der Waals surface area contributed by atoms with E-state index in [1.54, 1.807) is 22.9 Å². The van der Waals surface area contributed by atoms with Crippen LogP contribution in [0.25, 0.3) is 0 Å². The van der Waals surface area contributed by atoms with Crippen molar-refractivity contribution in [3.05, 3.63) is 59.9 Å². The molecule has 0 atom stereocenters. The summed E-state index contributed by atoms with van der Waals surface area (Å²) in [4.78, 5) is 22.5. The Morgan fingerprint density at radius 1 is 1.12 bits per heavy atom. The molecule has 0 aliphatic carbocycles. The third-order valence-electron chi connectivity index (χ3n) is 2.58. The molecule has 1 heterocycles. The van der Waals surface area contributed by atoms with Gasteiger partial charge in [0, 0.05) is 12.6 Å². The normalized spacial score (nSPS) is 10.1. The standard InChI is InChI=1S/C14H13NO2/c16-11-13-7-4-8-15(13)10-14(17)9-12-5-2-1-3-6-12/h1-8,11H,9-10H2. The van der Waals surface area contributed by atoms with Crippen molar-refractivity contribution in [2.24, 2.45) is 0 Å². The van der Waals surface area contributed by atoms with Gasteiger partial charge in [0.1, 0.15) is 0 Å². The Balaban J connectivity index is 2.01. The molecule has 0 saturated heterocycles. The van der Waals surface area contributed by atoms with Crippen LogP contribution in [-0.4, -0.2) is 16.6 Å². The zero-order valence-electron chi connectivity index (χ0n) is 9.37. The number of hydrogen-bond acceptors (Lipinski definition) is 2. The molecular formula is C14H13NO2. The van der Waals surface area contributed by atoms with Crippen molar-refractivity contribution >= 4 is 12.1 Å². The lowest BCUT2D eigenvalue weighted by molar-refractivity contribution is -0.119. The zero-order chi connectivity index (χ0) is 12.1. The van der Waals surface area contributed by atoms with Crippen molar-refractivity contribution < 1.29 is 9.59 Å². The first-order valence-electron chi connectivity index (χ1n) is 5.45. The van der Waals surface area contributed by atoms with Gasteiger partial charge >= 0.3 is 0 Å². The summed E-state index contributed by atoms with van der Waals surface area (Å²) < 4.78 is 1.66. The molecule has 3 nitrogen and oxygen atoms in total. The number of ketones is 1. The van der Waals surface area contributed by atoms with Crippen LogP contribution in [0.3, 0.4) is 0 Å². The van der Waals surface area contributed by atoms with Crippen molar-refractivity contribution in [1.82, 2.24) is 4.57 Å². The van der Waals surface area contributed by atoms with Crippen molar-refractivity contribution in [2.75, 3.05) is 0 Å². The molecule has 0 saturated carbocycles. The molecule has 1 aromatic heterocycles. The summed E-state index contributed by atoms with van der Waals surface area (Å²) in [7, 11) is 0. The lowest BCUT2D eigenvalue weighted by Crippen LogP contribution is -2.13. The summed E-state index contributed by atoms with van der Waals surface area (Å²) in [5, 5.41) is 0. The van der Waals surface area contributed by atoms with Crippen LogP contribution in [0.2, 0.25) is 0 Å². The van der Waals surface area contributed by atoms with Crippen LogP contribution in [0, 0.1) is 0 Å². The second-order valence-electron chi connectivity index (χ2n) is 3.88. The molecule has 0 fully saturated rings. The van der Waals surface area contributed by atoms with Crippen LogP contribution in [0.15, 0.2) is 48.7 Å². The van der Waals surface area contributed by atoms with Gasteiger partial charge in [-0.05, 0) is 17.7 Å². The quantitative estimate of drug-likeness (QED) is 0.734. The van der Waals surface area contributed by atoms with Crippen molar-refractivity contribution in [1.29, 1.82) is 0 Å². The first kappa shape index (κ1) is 11.3. The predicted molar refractivity (Wildman–Crippen MR) is 65.0 cm³/mol. The zero-order valence-corrected chi connectivity index (χ0v) is 9.37. The molecule has 0 radical (unpaired) electrons. The highest BCUT2D eigenvalue weighted by Gasteiger charge is 2.06. The van der Waals surface area contributed by atoms with Gasteiger partial charge in [-0.2, -0.15) is 0 Å². The van der Waals surface area contributed by atoms with E-state index in [9.17, 15) is 9.59 Å². The summed E-state index contributed by atoms with van der Waals surface area (Å²) in [6, 6.07) is 13.1. The van der Waals surface area contributed by atoms with E-state index in [0.29, 0.717) is 12.1 Å². The number of aldehydes is 1. The van der Waals surface area contributed by atoms with E-state index in [1.165, 1.54) is 0 Å². The second kappa shape index (κ2) is 5.25. The van der Waals surface area contributed by atoms with Gasteiger partial charge in [0.2, 0.25) is 0 Å². The molecule has 0 bridgehead atoms. The second-order valence-corrected chi connectivity index (χ2v) is 3.88. The number of nitrogens with zero attached hydrogens (tertiary/aromatic N) is 1. The van der Waals surface area contributed by atoms with Crippen LogP contribution in [0.1, 0.15) is 16.1 Å². The topological polar surface area (TPSA) is 39.1 Å². The first-order chi connectivity index (χ1) is 8.29. The number of hydrogen-bond donors (Lipinski definition) is 0. The number of Topliss-reactive ketones (excluding diaryl/α,β-unsaturated/α-hetero) is 1. The van der Waals surface area contributed by atoms with E-state index < -0.39 is 0 Å². The molecule has 3 heteroatoms. The maximum absolute atomic E-state index is 11.8. The number of benzene rings is 1. The van der Waals surface area contributed by atoms with Crippen molar-refractivity contribution in [2.45, 2.75) is 13.0 Å². The Bertz CT molecular complexity index is 514. The van der Waals surface area contributed by atoms with Crippen LogP contribution >= 0.6 is 0 Å². The smallest absolute Gasteiger partial charge is 0.166 e. The van der Waals surface area contributed by atoms with Gasteiger partial charge in [-0.25, -0.2) is 0 Å². The molecule has 2 aromatic rings. The third kappa shape index (κ3) is 2.91. The van der Waals surface area contributed by atoms with Gasteiger partial charge in [-0.3, -0.25) is 9.59 Å². The van der Waals surface area contributed by atoms with Gasteiger partial charge in [0.15, 0.2) is 12.1 Å². The molecule has 0 aliphatic heterocycles. The fourth-order valence-electron chi connectivity index (χ4n) is 1.75. The Labute approximate surface area is 99.7 Å². The van der Waals surface area contributed by atoms with E-state index in [0.717, 1.165) is 11.8 Å². The van der Waals surface area contributed by atoms with Crippen molar-refractivity contribution in [3.63, 3.8) is 0 Å². The highest BCUT2D eigenvalue weighted by atomic mass is 16.1. The summed E-state index contributed by atoms with van der Waals surface area (Å²) in [5.41, 5.74) is 1.53. The maximum Gasteiger partial charge on any atom is 0.166 e. The minimum atomic E-state index is 0.0931. The summed E-state index contributed by atoms with van der Waals surface area (Å²) in [6.07, 6.45) is 2.90. The summed E-state index contributed by atoms with van der Waals surface area (Å²) in [6.45, 7) is 0.246. The molecule has 0 N–H and O–H groups in total. The van der Waals surface area contributed by atoms with E-state index in [2.05, 4.69) is 0 Å². The predicted octanol–water partition coefficient (Wildman–Crippen LogP) is 2.11. The average molecular weight is 227 g/mol. The monoisotopic (exact) mass is 227 g/mol. The SMILES string of the molecule is O=Cc1cccn1CC(=O)Cc1ccccc1. The Hall–Kier alpha value is -2.16. The van der Waals surface area contributed by atoms with Gasteiger partial charge in [-0.15, -0.1) is 0 Å². The minimum Gasteiger partial charge on any atom is -0.338 e. The number of rotatable bonds is 5. The molecule has 1 aromatic carbocycles. The number of carbonyl (C=O) groups excluding carboxylic acids is 2. The first-order valence-corrected chi connectivity index (χ1v) is 5.45. The molecular weight excluding hydrogens is 214 g/mol. The maximum atomic E-state index is 11.8. The van der Waals surface area contributed by atoms with Gasteiger partial charge in [0.25, 0.3) is 0 Å². The largest absolute Gasteiger partial charge is 0.338 e. The van der Waals surface area contributed by atoms with Crippen LogP contribution in [0.4, 0.5) is 0 Å². The van der Waals surface area contributed by atoms with E-state index in [4.69, 9.17) is 0 Å². The lowest BCUT2D eigenvalue weighted by Gasteiger charge is -2.04. The average Bonchev–Trinajstić information content (AvgIpc) is 2.77. The molecule has 17 heavy (non-hydrogen) atoms. The van der Waals surface area contributed by atoms with E-state index in [-0.39, 0.29) is 12.3 Å². The Kier molecular flexibility index (Phi) is 3.50. The number of carbonyl (C=O) groups is 2. The summed E-state index contributed by atoms with van der Waals surface area (Å²) >= 11 is 0. The fourth-order valence-corrected chi connectivity index (χ4v) is 1.75. The third-order valence-corrected chi connectivity index (χ3v) is 2.58. The molecule has 2 rings (SSSR count). The lowest BCUT2D eigenvalue weighted by atomic mass is 10.1. The fraction of sp³-hybridized carbons (Fsp3) is 0.143. The van der Waals surface area contributed by atoms with E-state index >= 15 is 0 Å². The van der Waals surface area contributed by atoms with Crippen LogP contribution < -0.4 is 0 Å². The van der Waals surface area contributed by atoms with Crippen molar-refractivity contribution in [3.8, 4) is 0 Å². The van der Waals surface area contributed by atoms with Crippen LogP contribution in [-0.2, 0) is 17.8 Å². The Morgan fingerprint density at radius 3 is 2.59 bits per heavy atom. The summed E-state index contributed by atoms with van der Waals surface area (Å²) in [5.74, 6) is 0.0931. The molecule has 0 spiro atoms.